The zero-order valence-corrected chi connectivity index (χ0v) is 10.8. The molecule has 0 saturated heterocycles. The Balaban J connectivity index is 2.01. The van der Waals surface area contributed by atoms with Crippen molar-refractivity contribution in [2.24, 2.45) is 0 Å². The molecule has 5 heteroatoms. The van der Waals surface area contributed by atoms with Crippen LogP contribution in [0.25, 0.3) is 5.65 Å². The summed E-state index contributed by atoms with van der Waals surface area (Å²) in [6, 6.07) is 10.1. The molecule has 18 heavy (non-hydrogen) atoms. The van der Waals surface area contributed by atoms with Crippen LogP contribution in [0.4, 0.5) is 4.39 Å². The van der Waals surface area contributed by atoms with Gasteiger partial charge in [0.15, 0.2) is 0 Å². The fourth-order valence-electron chi connectivity index (χ4n) is 1.67. The second-order valence-electron chi connectivity index (χ2n) is 3.70. The van der Waals surface area contributed by atoms with Gasteiger partial charge in [0.2, 0.25) is 5.88 Å². The van der Waals surface area contributed by atoms with Gasteiger partial charge in [0.1, 0.15) is 17.2 Å². The molecular formula is C13H8BrFN2O. The lowest BCUT2D eigenvalue weighted by molar-refractivity contribution is 0.454. The van der Waals surface area contributed by atoms with Crippen LogP contribution in [0.15, 0.2) is 53.3 Å². The maximum absolute atomic E-state index is 13.1. The molecule has 0 saturated carbocycles. The van der Waals surface area contributed by atoms with Crippen molar-refractivity contribution in [2.45, 2.75) is 0 Å². The number of aromatic nitrogens is 2. The van der Waals surface area contributed by atoms with E-state index in [1.807, 2.05) is 28.8 Å². The molecule has 3 nitrogen and oxygen atoms in total. The zero-order chi connectivity index (χ0) is 12.5. The molecule has 2 heterocycles. The summed E-state index contributed by atoms with van der Waals surface area (Å²) in [7, 11) is 0. The average Bonchev–Trinajstić information content (AvgIpc) is 2.83. The van der Waals surface area contributed by atoms with Crippen molar-refractivity contribution in [3.63, 3.8) is 0 Å². The molecule has 3 rings (SSSR count). The van der Waals surface area contributed by atoms with Crippen LogP contribution in [0, 0.1) is 5.82 Å². The molecule has 0 aliphatic carbocycles. The van der Waals surface area contributed by atoms with E-state index in [1.165, 1.54) is 6.07 Å². The highest BCUT2D eigenvalue weighted by Gasteiger charge is 2.05. The van der Waals surface area contributed by atoms with E-state index in [0.717, 1.165) is 5.65 Å². The first-order valence-electron chi connectivity index (χ1n) is 5.29. The van der Waals surface area contributed by atoms with Crippen LogP contribution in [0.1, 0.15) is 0 Å². The van der Waals surface area contributed by atoms with Crippen molar-refractivity contribution in [2.75, 3.05) is 0 Å². The van der Waals surface area contributed by atoms with E-state index in [1.54, 1.807) is 18.3 Å². The van der Waals surface area contributed by atoms with Crippen LogP contribution in [0.5, 0.6) is 11.6 Å². The quantitative estimate of drug-likeness (QED) is 0.714. The van der Waals surface area contributed by atoms with Gasteiger partial charge in [-0.2, -0.15) is 0 Å². The smallest absolute Gasteiger partial charge is 0.205 e. The van der Waals surface area contributed by atoms with Crippen LogP contribution in [-0.4, -0.2) is 9.38 Å². The molecule has 0 bridgehead atoms. The third-order valence-electron chi connectivity index (χ3n) is 2.50. The molecule has 0 atom stereocenters. The predicted octanol–water partition coefficient (Wildman–Crippen LogP) is 4.03. The van der Waals surface area contributed by atoms with Gasteiger partial charge in [0.05, 0.1) is 4.47 Å². The number of benzene rings is 1. The van der Waals surface area contributed by atoms with E-state index < -0.39 is 0 Å². The van der Waals surface area contributed by atoms with E-state index in [9.17, 15) is 4.39 Å². The number of imidazole rings is 1. The molecule has 90 valence electrons. The van der Waals surface area contributed by atoms with Gasteiger partial charge < -0.3 is 4.74 Å². The maximum Gasteiger partial charge on any atom is 0.205 e. The lowest BCUT2D eigenvalue weighted by Gasteiger charge is -2.08. The molecular weight excluding hydrogens is 299 g/mol. The Bertz CT molecular complexity index is 711. The number of pyridine rings is 1. The number of hydrogen-bond donors (Lipinski definition) is 0. The van der Waals surface area contributed by atoms with E-state index >= 15 is 0 Å². The topological polar surface area (TPSA) is 26.5 Å². The highest BCUT2D eigenvalue weighted by atomic mass is 79.9. The van der Waals surface area contributed by atoms with Gasteiger partial charge in [-0.25, -0.2) is 9.37 Å². The predicted molar refractivity (Wildman–Crippen MR) is 69.4 cm³/mol. The van der Waals surface area contributed by atoms with Crippen molar-refractivity contribution >= 4 is 21.6 Å². The number of fused-ring (bicyclic) bond motifs is 1. The van der Waals surface area contributed by atoms with E-state index in [-0.39, 0.29) is 5.82 Å². The van der Waals surface area contributed by atoms with Crippen molar-refractivity contribution in [3.05, 3.63) is 59.1 Å². The number of nitrogens with zero attached hydrogens (tertiary/aromatic N) is 2. The molecule has 0 N–H and O–H groups in total. The summed E-state index contributed by atoms with van der Waals surface area (Å²) in [5, 5.41) is 0. The normalized spacial score (nSPS) is 10.8. The number of hydrogen-bond acceptors (Lipinski definition) is 2. The largest absolute Gasteiger partial charge is 0.440 e. The van der Waals surface area contributed by atoms with Crippen molar-refractivity contribution < 1.29 is 9.13 Å². The van der Waals surface area contributed by atoms with Crippen LogP contribution >= 0.6 is 15.9 Å². The zero-order valence-electron chi connectivity index (χ0n) is 9.18. The Hall–Kier alpha value is -1.88. The van der Waals surface area contributed by atoms with Gasteiger partial charge in [-0.15, -0.1) is 0 Å². The molecule has 0 fully saturated rings. The highest BCUT2D eigenvalue weighted by Crippen LogP contribution is 2.26. The van der Waals surface area contributed by atoms with Crippen LogP contribution in [-0.2, 0) is 0 Å². The minimum atomic E-state index is -0.316. The van der Waals surface area contributed by atoms with Gasteiger partial charge in [0.25, 0.3) is 0 Å². The van der Waals surface area contributed by atoms with Crippen LogP contribution in [0.2, 0.25) is 0 Å². The lowest BCUT2D eigenvalue weighted by Crippen LogP contribution is -1.93. The Morgan fingerprint density at radius 3 is 2.94 bits per heavy atom. The van der Waals surface area contributed by atoms with Gasteiger partial charge in [-0.3, -0.25) is 4.40 Å². The summed E-state index contributed by atoms with van der Waals surface area (Å²) in [6.07, 6.45) is 3.51. The molecule has 0 amide bonds. The highest BCUT2D eigenvalue weighted by molar-refractivity contribution is 9.10. The first-order chi connectivity index (χ1) is 8.74. The Labute approximate surface area is 111 Å². The van der Waals surface area contributed by atoms with E-state index in [4.69, 9.17) is 4.74 Å². The molecule has 0 aliphatic heterocycles. The third kappa shape index (κ3) is 1.97. The van der Waals surface area contributed by atoms with Gasteiger partial charge in [0, 0.05) is 12.4 Å². The molecule has 0 spiro atoms. The van der Waals surface area contributed by atoms with Crippen molar-refractivity contribution in [1.29, 1.82) is 0 Å². The van der Waals surface area contributed by atoms with Crippen LogP contribution < -0.4 is 4.74 Å². The summed E-state index contributed by atoms with van der Waals surface area (Å²) in [6.45, 7) is 0. The third-order valence-corrected chi connectivity index (χ3v) is 3.11. The monoisotopic (exact) mass is 306 g/mol. The van der Waals surface area contributed by atoms with Gasteiger partial charge >= 0.3 is 0 Å². The summed E-state index contributed by atoms with van der Waals surface area (Å²) < 4.78 is 21.0. The van der Waals surface area contributed by atoms with E-state index in [0.29, 0.717) is 16.1 Å². The maximum atomic E-state index is 13.1. The lowest BCUT2D eigenvalue weighted by atomic mass is 10.3. The molecule has 0 aliphatic rings. The molecule has 0 unspecified atom stereocenters. The molecule has 1 aromatic carbocycles. The standard InChI is InChI=1S/C13H8BrFN2O/c14-10-8-9(4-5-11(10)15)18-13-3-1-2-12-16-6-7-17(12)13/h1-8H. The fraction of sp³-hybridized carbons (Fsp3) is 0. The summed E-state index contributed by atoms with van der Waals surface area (Å²) in [4.78, 5) is 4.17. The Morgan fingerprint density at radius 2 is 2.11 bits per heavy atom. The molecule has 3 aromatic rings. The summed E-state index contributed by atoms with van der Waals surface area (Å²) in [5.74, 6) is 0.871. The Morgan fingerprint density at radius 1 is 1.22 bits per heavy atom. The van der Waals surface area contributed by atoms with Crippen molar-refractivity contribution in [1.82, 2.24) is 9.38 Å². The minimum absolute atomic E-state index is 0.316. The minimum Gasteiger partial charge on any atom is -0.440 e. The van der Waals surface area contributed by atoms with Crippen LogP contribution in [0.3, 0.4) is 0 Å². The second kappa shape index (κ2) is 4.42. The first-order valence-corrected chi connectivity index (χ1v) is 6.08. The average molecular weight is 307 g/mol. The van der Waals surface area contributed by atoms with Gasteiger partial charge in [-0.05, 0) is 46.3 Å². The SMILES string of the molecule is Fc1ccc(Oc2cccc3nccn23)cc1Br. The Kier molecular flexibility index (Phi) is 2.76. The number of ether oxygens (including phenoxy) is 1. The second-order valence-corrected chi connectivity index (χ2v) is 4.55. The van der Waals surface area contributed by atoms with E-state index in [2.05, 4.69) is 20.9 Å². The van der Waals surface area contributed by atoms with Crippen molar-refractivity contribution in [3.8, 4) is 11.6 Å². The summed E-state index contributed by atoms with van der Waals surface area (Å²) >= 11 is 3.13. The number of rotatable bonds is 2. The molecule has 0 radical (unpaired) electrons. The number of halogens is 2. The molecule has 2 aromatic heterocycles. The fourth-order valence-corrected chi connectivity index (χ4v) is 2.02. The van der Waals surface area contributed by atoms with Gasteiger partial charge in [-0.1, -0.05) is 6.07 Å². The summed E-state index contributed by atoms with van der Waals surface area (Å²) in [5.41, 5.74) is 0.800. The first kappa shape index (κ1) is 11.2.